The van der Waals surface area contributed by atoms with E-state index in [2.05, 4.69) is 19.2 Å². The fraction of sp³-hybridized carbons (Fsp3) is 0.667. The SMILES string of the molecule is CCCC[C@@H](CC)CNC(=O)c1ccc(Cl)c(S(=O)(=O)N2CCCCCC2)c1. The van der Waals surface area contributed by atoms with E-state index in [1.165, 1.54) is 16.4 Å². The normalized spacial score (nSPS) is 17.1. The summed E-state index contributed by atoms with van der Waals surface area (Å²) in [5.74, 6) is 0.190. The summed E-state index contributed by atoms with van der Waals surface area (Å²) in [6.07, 6.45) is 8.17. The van der Waals surface area contributed by atoms with Gasteiger partial charge in [-0.15, -0.1) is 0 Å². The summed E-state index contributed by atoms with van der Waals surface area (Å²) >= 11 is 6.22. The van der Waals surface area contributed by atoms with Crippen LogP contribution in [0.2, 0.25) is 5.02 Å². The highest BCUT2D eigenvalue weighted by Gasteiger charge is 2.28. The molecule has 1 atom stereocenters. The van der Waals surface area contributed by atoms with E-state index in [0.29, 0.717) is 31.1 Å². The van der Waals surface area contributed by atoms with Crippen molar-refractivity contribution in [3.8, 4) is 0 Å². The zero-order valence-electron chi connectivity index (χ0n) is 17.0. The zero-order chi connectivity index (χ0) is 20.6. The molecule has 1 N–H and O–H groups in total. The Morgan fingerprint density at radius 3 is 2.46 bits per heavy atom. The maximum absolute atomic E-state index is 13.1. The lowest BCUT2D eigenvalue weighted by Gasteiger charge is -2.21. The van der Waals surface area contributed by atoms with E-state index in [1.54, 1.807) is 6.07 Å². The highest BCUT2D eigenvalue weighted by Crippen LogP contribution is 2.27. The number of nitrogens with zero attached hydrogens (tertiary/aromatic N) is 1. The number of halogens is 1. The maximum Gasteiger partial charge on any atom is 0.251 e. The van der Waals surface area contributed by atoms with Gasteiger partial charge in [0.25, 0.3) is 5.91 Å². The molecule has 0 radical (unpaired) electrons. The number of amides is 1. The number of rotatable bonds is 9. The lowest BCUT2D eigenvalue weighted by atomic mass is 9.99. The number of unbranched alkanes of at least 4 members (excludes halogenated alkanes) is 1. The summed E-state index contributed by atoms with van der Waals surface area (Å²) in [4.78, 5) is 12.6. The summed E-state index contributed by atoms with van der Waals surface area (Å²) in [6, 6.07) is 4.52. The molecule has 0 spiro atoms. The molecule has 1 heterocycles. The molecule has 1 aliphatic rings. The van der Waals surface area contributed by atoms with Crippen LogP contribution in [0, 0.1) is 5.92 Å². The molecule has 0 aromatic heterocycles. The molecule has 1 amide bonds. The molecule has 0 aliphatic carbocycles. The Labute approximate surface area is 174 Å². The predicted octanol–water partition coefficient (Wildman–Crippen LogP) is 4.85. The summed E-state index contributed by atoms with van der Waals surface area (Å²) in [5.41, 5.74) is 0.336. The second-order valence-electron chi connectivity index (χ2n) is 7.59. The third-order valence-electron chi connectivity index (χ3n) is 5.47. The molecule has 158 valence electrons. The monoisotopic (exact) mass is 428 g/mol. The first-order valence-electron chi connectivity index (χ1n) is 10.5. The van der Waals surface area contributed by atoms with Crippen LogP contribution in [0.25, 0.3) is 0 Å². The fourth-order valence-corrected chi connectivity index (χ4v) is 5.56. The number of nitrogens with one attached hydrogen (secondary N) is 1. The second kappa shape index (κ2) is 11.2. The molecule has 7 heteroatoms. The Balaban J connectivity index is 2.14. The summed E-state index contributed by atoms with van der Waals surface area (Å²) in [5, 5.41) is 3.12. The van der Waals surface area contributed by atoms with Gasteiger partial charge in [-0.2, -0.15) is 4.31 Å². The van der Waals surface area contributed by atoms with E-state index in [-0.39, 0.29) is 15.8 Å². The zero-order valence-corrected chi connectivity index (χ0v) is 18.6. The number of benzene rings is 1. The van der Waals surface area contributed by atoms with Gasteiger partial charge < -0.3 is 5.32 Å². The average molecular weight is 429 g/mol. The highest BCUT2D eigenvalue weighted by molar-refractivity contribution is 7.89. The largest absolute Gasteiger partial charge is 0.352 e. The van der Waals surface area contributed by atoms with Crippen molar-refractivity contribution >= 4 is 27.5 Å². The van der Waals surface area contributed by atoms with Gasteiger partial charge in [-0.1, -0.05) is 57.6 Å². The molecule has 1 saturated heterocycles. The third kappa shape index (κ3) is 6.19. The van der Waals surface area contributed by atoms with Gasteiger partial charge >= 0.3 is 0 Å². The first-order valence-corrected chi connectivity index (χ1v) is 12.3. The summed E-state index contributed by atoms with van der Waals surface area (Å²) < 4.78 is 27.7. The minimum Gasteiger partial charge on any atom is -0.352 e. The van der Waals surface area contributed by atoms with Gasteiger partial charge in [0.05, 0.1) is 5.02 Å². The minimum absolute atomic E-state index is 0.0294. The van der Waals surface area contributed by atoms with Crippen LogP contribution in [0.5, 0.6) is 0 Å². The van der Waals surface area contributed by atoms with Crippen LogP contribution in [0.3, 0.4) is 0 Å². The number of sulfonamides is 1. The lowest BCUT2D eigenvalue weighted by molar-refractivity contribution is 0.0945. The average Bonchev–Trinajstić information content (AvgIpc) is 2.98. The Morgan fingerprint density at radius 1 is 1.18 bits per heavy atom. The second-order valence-corrected chi connectivity index (χ2v) is 9.90. The molecule has 2 rings (SSSR count). The molecule has 0 saturated carbocycles. The molecule has 0 bridgehead atoms. The van der Waals surface area contributed by atoms with E-state index < -0.39 is 10.0 Å². The number of hydrogen-bond acceptors (Lipinski definition) is 3. The fourth-order valence-electron chi connectivity index (χ4n) is 3.55. The van der Waals surface area contributed by atoms with E-state index in [1.807, 2.05) is 0 Å². The van der Waals surface area contributed by atoms with Crippen molar-refractivity contribution in [3.05, 3.63) is 28.8 Å². The Hall–Kier alpha value is -1.11. The van der Waals surface area contributed by atoms with Crippen LogP contribution in [0.1, 0.15) is 75.6 Å². The number of hydrogen-bond donors (Lipinski definition) is 1. The van der Waals surface area contributed by atoms with Crippen molar-refractivity contribution in [2.24, 2.45) is 5.92 Å². The van der Waals surface area contributed by atoms with Crippen LogP contribution in [0.4, 0.5) is 0 Å². The first kappa shape index (κ1) is 23.2. The molecule has 1 aromatic carbocycles. The van der Waals surface area contributed by atoms with Crippen LogP contribution >= 0.6 is 11.6 Å². The van der Waals surface area contributed by atoms with Crippen LogP contribution in [-0.2, 0) is 10.0 Å². The van der Waals surface area contributed by atoms with Crippen molar-refractivity contribution in [1.29, 1.82) is 0 Å². The van der Waals surface area contributed by atoms with Crippen LogP contribution < -0.4 is 5.32 Å². The van der Waals surface area contributed by atoms with E-state index in [9.17, 15) is 13.2 Å². The lowest BCUT2D eigenvalue weighted by Crippen LogP contribution is -2.33. The van der Waals surface area contributed by atoms with Gasteiger partial charge in [-0.05, 0) is 43.4 Å². The van der Waals surface area contributed by atoms with Gasteiger partial charge in [0.1, 0.15) is 4.90 Å². The van der Waals surface area contributed by atoms with Gasteiger partial charge in [0.2, 0.25) is 10.0 Å². The van der Waals surface area contributed by atoms with E-state index >= 15 is 0 Å². The molecular weight excluding hydrogens is 396 g/mol. The number of carbonyl (C=O) groups is 1. The summed E-state index contributed by atoms with van der Waals surface area (Å²) in [6.45, 7) is 5.90. The maximum atomic E-state index is 13.1. The van der Waals surface area contributed by atoms with E-state index in [0.717, 1.165) is 51.4 Å². The molecule has 0 unspecified atom stereocenters. The topological polar surface area (TPSA) is 66.5 Å². The van der Waals surface area contributed by atoms with Gasteiger partial charge in [0, 0.05) is 25.2 Å². The third-order valence-corrected chi connectivity index (χ3v) is 7.85. The smallest absolute Gasteiger partial charge is 0.251 e. The quantitative estimate of drug-likeness (QED) is 0.611. The van der Waals surface area contributed by atoms with Gasteiger partial charge in [0.15, 0.2) is 0 Å². The molecule has 1 aliphatic heterocycles. The van der Waals surface area contributed by atoms with Crippen molar-refractivity contribution in [1.82, 2.24) is 9.62 Å². The van der Waals surface area contributed by atoms with Crippen molar-refractivity contribution in [2.45, 2.75) is 70.1 Å². The Kier molecular flexibility index (Phi) is 9.25. The van der Waals surface area contributed by atoms with Crippen LogP contribution in [-0.4, -0.2) is 38.3 Å². The van der Waals surface area contributed by atoms with E-state index in [4.69, 9.17) is 11.6 Å². The number of carbonyl (C=O) groups excluding carboxylic acids is 1. The van der Waals surface area contributed by atoms with Gasteiger partial charge in [-0.3, -0.25) is 4.79 Å². The van der Waals surface area contributed by atoms with Crippen molar-refractivity contribution in [2.75, 3.05) is 19.6 Å². The standard InChI is InChI=1S/C21H33ClN2O3S/c1-3-5-10-17(4-2)16-23-21(25)18-11-12-19(22)20(15-18)28(26,27)24-13-8-6-7-9-14-24/h11-12,15,17H,3-10,13-14,16H2,1-2H3,(H,23,25)/t17-/m1/s1. The molecule has 28 heavy (non-hydrogen) atoms. The molecule has 1 fully saturated rings. The molecule has 1 aromatic rings. The molecule has 5 nitrogen and oxygen atoms in total. The summed E-state index contributed by atoms with van der Waals surface area (Å²) in [7, 11) is -3.70. The van der Waals surface area contributed by atoms with Crippen molar-refractivity contribution < 1.29 is 13.2 Å². The van der Waals surface area contributed by atoms with Crippen LogP contribution in [0.15, 0.2) is 23.1 Å². The van der Waals surface area contributed by atoms with Crippen molar-refractivity contribution in [3.63, 3.8) is 0 Å². The van der Waals surface area contributed by atoms with Gasteiger partial charge in [-0.25, -0.2) is 8.42 Å². The first-order chi connectivity index (χ1) is 13.4. The minimum atomic E-state index is -3.70. The highest BCUT2D eigenvalue weighted by atomic mass is 35.5. The predicted molar refractivity (Wildman–Crippen MR) is 114 cm³/mol. The Morgan fingerprint density at radius 2 is 1.86 bits per heavy atom. The molecular formula is C21H33ClN2O3S. The Bertz CT molecular complexity index is 744.